The standard InChI is InChI=1S/C11H12N4S2/c1-8(10-12-2-4-16-10)13-6-9-7-15-3-5-17-11(15)14-9/h2-5,7-8,13H,6H2,1H3. The summed E-state index contributed by atoms with van der Waals surface area (Å²) in [5.41, 5.74) is 1.07. The van der Waals surface area contributed by atoms with Crippen LogP contribution < -0.4 is 5.32 Å². The van der Waals surface area contributed by atoms with E-state index in [9.17, 15) is 0 Å². The molecule has 1 N–H and O–H groups in total. The van der Waals surface area contributed by atoms with Crippen LogP contribution in [0.15, 0.2) is 29.4 Å². The third-order valence-corrected chi connectivity index (χ3v) is 4.28. The number of rotatable bonds is 4. The van der Waals surface area contributed by atoms with Gasteiger partial charge in [-0.25, -0.2) is 9.97 Å². The monoisotopic (exact) mass is 264 g/mol. The van der Waals surface area contributed by atoms with Crippen LogP contribution in [0.25, 0.3) is 4.96 Å². The molecule has 1 unspecified atom stereocenters. The molecule has 0 aliphatic carbocycles. The van der Waals surface area contributed by atoms with E-state index in [2.05, 4.69) is 32.8 Å². The third kappa shape index (κ3) is 2.24. The highest BCUT2D eigenvalue weighted by molar-refractivity contribution is 7.15. The lowest BCUT2D eigenvalue weighted by Crippen LogP contribution is -2.18. The summed E-state index contributed by atoms with van der Waals surface area (Å²) in [5, 5.41) is 8.58. The van der Waals surface area contributed by atoms with Gasteiger partial charge in [0.25, 0.3) is 0 Å². The highest BCUT2D eigenvalue weighted by atomic mass is 32.1. The fourth-order valence-electron chi connectivity index (χ4n) is 1.65. The van der Waals surface area contributed by atoms with Crippen LogP contribution in [-0.4, -0.2) is 14.4 Å². The van der Waals surface area contributed by atoms with Gasteiger partial charge in [-0.05, 0) is 6.92 Å². The topological polar surface area (TPSA) is 42.2 Å². The van der Waals surface area contributed by atoms with E-state index in [0.29, 0.717) is 0 Å². The first-order chi connectivity index (χ1) is 8.33. The largest absolute Gasteiger partial charge is 0.302 e. The summed E-state index contributed by atoms with van der Waals surface area (Å²) < 4.78 is 2.05. The zero-order chi connectivity index (χ0) is 11.7. The molecule has 0 bridgehead atoms. The summed E-state index contributed by atoms with van der Waals surface area (Å²) in [7, 11) is 0. The molecule has 88 valence electrons. The van der Waals surface area contributed by atoms with Crippen molar-refractivity contribution in [3.63, 3.8) is 0 Å². The zero-order valence-electron chi connectivity index (χ0n) is 9.33. The minimum absolute atomic E-state index is 0.273. The van der Waals surface area contributed by atoms with Crippen molar-refractivity contribution in [3.05, 3.63) is 40.1 Å². The first kappa shape index (κ1) is 10.9. The molecule has 3 heterocycles. The van der Waals surface area contributed by atoms with Crippen molar-refractivity contribution in [2.24, 2.45) is 0 Å². The van der Waals surface area contributed by atoms with Crippen LogP contribution in [0, 0.1) is 0 Å². The summed E-state index contributed by atoms with van der Waals surface area (Å²) in [4.78, 5) is 9.87. The minimum atomic E-state index is 0.273. The van der Waals surface area contributed by atoms with Crippen molar-refractivity contribution in [2.45, 2.75) is 19.5 Å². The van der Waals surface area contributed by atoms with Gasteiger partial charge in [0, 0.05) is 35.9 Å². The van der Waals surface area contributed by atoms with E-state index >= 15 is 0 Å². The van der Waals surface area contributed by atoms with Crippen molar-refractivity contribution in [1.29, 1.82) is 0 Å². The van der Waals surface area contributed by atoms with Crippen molar-refractivity contribution < 1.29 is 0 Å². The summed E-state index contributed by atoms with van der Waals surface area (Å²) in [6, 6.07) is 0.273. The molecule has 0 fully saturated rings. The first-order valence-corrected chi connectivity index (χ1v) is 7.13. The molecular formula is C11H12N4S2. The van der Waals surface area contributed by atoms with Crippen LogP contribution in [0.2, 0.25) is 0 Å². The normalized spacial score (nSPS) is 13.2. The Morgan fingerprint density at radius 3 is 3.12 bits per heavy atom. The average Bonchev–Trinajstić information content (AvgIpc) is 3.01. The molecule has 6 heteroatoms. The van der Waals surface area contributed by atoms with Crippen LogP contribution in [0.1, 0.15) is 23.7 Å². The van der Waals surface area contributed by atoms with Gasteiger partial charge in [0.15, 0.2) is 4.96 Å². The average molecular weight is 264 g/mol. The number of aromatic nitrogens is 3. The molecule has 0 aliphatic heterocycles. The maximum absolute atomic E-state index is 4.53. The van der Waals surface area contributed by atoms with E-state index in [-0.39, 0.29) is 6.04 Å². The Balaban J connectivity index is 1.66. The van der Waals surface area contributed by atoms with E-state index in [1.807, 2.05) is 23.2 Å². The summed E-state index contributed by atoms with van der Waals surface area (Å²) in [6.45, 7) is 2.90. The number of fused-ring (bicyclic) bond motifs is 1. The fourth-order valence-corrected chi connectivity index (χ4v) is 3.04. The van der Waals surface area contributed by atoms with E-state index in [4.69, 9.17) is 0 Å². The molecule has 3 aromatic heterocycles. The van der Waals surface area contributed by atoms with Gasteiger partial charge in [-0.15, -0.1) is 22.7 Å². The van der Waals surface area contributed by atoms with E-state index in [1.165, 1.54) is 0 Å². The molecular weight excluding hydrogens is 252 g/mol. The lowest BCUT2D eigenvalue weighted by Gasteiger charge is -2.08. The van der Waals surface area contributed by atoms with Gasteiger partial charge in [0.1, 0.15) is 5.01 Å². The second-order valence-corrected chi connectivity index (χ2v) is 5.60. The zero-order valence-corrected chi connectivity index (χ0v) is 11.0. The number of nitrogens with one attached hydrogen (secondary N) is 1. The van der Waals surface area contributed by atoms with Crippen LogP contribution in [0.5, 0.6) is 0 Å². The van der Waals surface area contributed by atoms with Crippen LogP contribution in [0.4, 0.5) is 0 Å². The van der Waals surface area contributed by atoms with Gasteiger partial charge in [-0.3, -0.25) is 4.40 Å². The van der Waals surface area contributed by atoms with Gasteiger partial charge < -0.3 is 5.32 Å². The van der Waals surface area contributed by atoms with Crippen molar-refractivity contribution in [1.82, 2.24) is 19.7 Å². The predicted octanol–water partition coefficient (Wildman–Crippen LogP) is 2.70. The molecule has 17 heavy (non-hydrogen) atoms. The van der Waals surface area contributed by atoms with Gasteiger partial charge in [-0.2, -0.15) is 0 Å². The Morgan fingerprint density at radius 1 is 1.41 bits per heavy atom. The molecule has 3 rings (SSSR count). The highest BCUT2D eigenvalue weighted by Crippen LogP contribution is 2.16. The van der Waals surface area contributed by atoms with Crippen LogP contribution in [-0.2, 0) is 6.54 Å². The van der Waals surface area contributed by atoms with Crippen molar-refractivity contribution in [3.8, 4) is 0 Å². The van der Waals surface area contributed by atoms with Gasteiger partial charge in [0.2, 0.25) is 0 Å². The smallest absolute Gasteiger partial charge is 0.193 e. The maximum Gasteiger partial charge on any atom is 0.193 e. The van der Waals surface area contributed by atoms with Gasteiger partial charge >= 0.3 is 0 Å². The molecule has 0 aliphatic rings. The maximum atomic E-state index is 4.53. The number of thiazole rings is 2. The lowest BCUT2D eigenvalue weighted by atomic mass is 10.3. The SMILES string of the molecule is CC(NCc1cn2ccsc2n1)c1nccs1. The quantitative estimate of drug-likeness (QED) is 0.788. The fraction of sp³-hybridized carbons (Fsp3) is 0.273. The van der Waals surface area contributed by atoms with Crippen molar-refractivity contribution in [2.75, 3.05) is 0 Å². The molecule has 0 saturated heterocycles. The number of nitrogens with zero attached hydrogens (tertiary/aromatic N) is 3. The van der Waals surface area contributed by atoms with E-state index in [1.54, 1.807) is 22.7 Å². The molecule has 1 atom stereocenters. The predicted molar refractivity (Wildman–Crippen MR) is 70.4 cm³/mol. The minimum Gasteiger partial charge on any atom is -0.302 e. The summed E-state index contributed by atoms with van der Waals surface area (Å²) >= 11 is 3.33. The summed E-state index contributed by atoms with van der Waals surface area (Å²) in [6.07, 6.45) is 5.93. The second-order valence-electron chi connectivity index (χ2n) is 3.80. The molecule has 3 aromatic rings. The Hall–Kier alpha value is -1.24. The Morgan fingerprint density at radius 2 is 2.35 bits per heavy atom. The number of hydrogen-bond acceptors (Lipinski definition) is 5. The Bertz CT molecular complexity index is 567. The second kappa shape index (κ2) is 4.56. The molecule has 4 nitrogen and oxygen atoms in total. The lowest BCUT2D eigenvalue weighted by molar-refractivity contribution is 0.566. The van der Waals surface area contributed by atoms with Gasteiger partial charge in [0.05, 0.1) is 11.7 Å². The third-order valence-electron chi connectivity index (χ3n) is 2.55. The van der Waals surface area contributed by atoms with E-state index in [0.717, 1.165) is 22.2 Å². The number of hydrogen-bond donors (Lipinski definition) is 1. The van der Waals surface area contributed by atoms with E-state index < -0.39 is 0 Å². The van der Waals surface area contributed by atoms with Crippen LogP contribution in [0.3, 0.4) is 0 Å². The molecule has 0 saturated carbocycles. The van der Waals surface area contributed by atoms with Crippen LogP contribution >= 0.6 is 22.7 Å². The molecule has 0 amide bonds. The number of imidazole rings is 1. The highest BCUT2D eigenvalue weighted by Gasteiger charge is 2.08. The molecule has 0 radical (unpaired) electrons. The molecule has 0 spiro atoms. The van der Waals surface area contributed by atoms with Crippen molar-refractivity contribution >= 4 is 27.6 Å². The Kier molecular flexibility index (Phi) is 2.92. The first-order valence-electron chi connectivity index (χ1n) is 5.37. The Labute approximate surface area is 107 Å². The molecule has 0 aromatic carbocycles. The summed E-state index contributed by atoms with van der Waals surface area (Å²) in [5.74, 6) is 0. The van der Waals surface area contributed by atoms with Gasteiger partial charge in [-0.1, -0.05) is 0 Å².